The Balaban J connectivity index is 2.29. The number of nitrogens with two attached hydrogens (primary N) is 1. The third-order valence-corrected chi connectivity index (χ3v) is 3.08. The van der Waals surface area contributed by atoms with Gasteiger partial charge in [0.15, 0.2) is 0 Å². The minimum Gasteiger partial charge on any atom is -0.358 e. The van der Waals surface area contributed by atoms with E-state index < -0.39 is 0 Å². The van der Waals surface area contributed by atoms with E-state index in [1.807, 2.05) is 6.92 Å². The van der Waals surface area contributed by atoms with Crippen molar-refractivity contribution in [1.82, 2.24) is 10.3 Å². The highest BCUT2D eigenvalue weighted by molar-refractivity contribution is 5.90. The van der Waals surface area contributed by atoms with Crippen LogP contribution in [0.15, 0.2) is 18.2 Å². The van der Waals surface area contributed by atoms with E-state index in [9.17, 15) is 4.79 Å². The number of carbonyl (C=O) groups is 1. The molecule has 2 aromatic rings. The average Bonchev–Trinajstić information content (AvgIpc) is 2.63. The number of aryl methyl sites for hydroxylation is 2. The minimum atomic E-state index is 0.0194. The second-order valence-electron chi connectivity index (χ2n) is 4.59. The second kappa shape index (κ2) is 5.23. The summed E-state index contributed by atoms with van der Waals surface area (Å²) >= 11 is 0. The number of nitrogens with one attached hydrogen (secondary N) is 2. The number of hydrogen-bond donors (Lipinski definition) is 3. The van der Waals surface area contributed by atoms with Crippen LogP contribution in [0.25, 0.3) is 10.9 Å². The summed E-state index contributed by atoms with van der Waals surface area (Å²) in [5.74, 6) is 0.0194. The van der Waals surface area contributed by atoms with Crippen molar-refractivity contribution in [3.8, 4) is 0 Å². The molecule has 1 aromatic carbocycles. The molecule has 0 unspecified atom stereocenters. The molecule has 1 aromatic heterocycles. The Labute approximate surface area is 107 Å². The maximum atomic E-state index is 11.8. The molecule has 4 N–H and O–H groups in total. The molecule has 1 amide bonds. The fraction of sp³-hybridized carbons (Fsp3) is 0.357. The number of fused-ring (bicyclic) bond motifs is 1. The van der Waals surface area contributed by atoms with E-state index in [1.54, 1.807) is 0 Å². The van der Waals surface area contributed by atoms with Gasteiger partial charge in [-0.25, -0.2) is 0 Å². The van der Waals surface area contributed by atoms with E-state index >= 15 is 0 Å². The van der Waals surface area contributed by atoms with Crippen LogP contribution in [0.3, 0.4) is 0 Å². The van der Waals surface area contributed by atoms with Crippen molar-refractivity contribution in [2.24, 2.45) is 5.73 Å². The van der Waals surface area contributed by atoms with Crippen molar-refractivity contribution in [2.45, 2.75) is 20.3 Å². The first kappa shape index (κ1) is 12.6. The average molecular weight is 245 g/mol. The lowest BCUT2D eigenvalue weighted by Gasteiger charge is -2.04. The van der Waals surface area contributed by atoms with Crippen molar-refractivity contribution >= 4 is 16.8 Å². The zero-order chi connectivity index (χ0) is 13.1. The van der Waals surface area contributed by atoms with Gasteiger partial charge < -0.3 is 16.0 Å². The molecule has 0 aliphatic heterocycles. The summed E-state index contributed by atoms with van der Waals surface area (Å²) in [5.41, 5.74) is 9.78. The van der Waals surface area contributed by atoms with E-state index in [-0.39, 0.29) is 5.91 Å². The Bertz CT molecular complexity index is 572. The molecule has 18 heavy (non-hydrogen) atoms. The Morgan fingerprint density at radius 1 is 1.39 bits per heavy atom. The fourth-order valence-electron chi connectivity index (χ4n) is 2.16. The Morgan fingerprint density at radius 2 is 2.17 bits per heavy atom. The maximum Gasteiger partial charge on any atom is 0.224 e. The molecule has 4 heteroatoms. The van der Waals surface area contributed by atoms with Crippen LogP contribution in [-0.4, -0.2) is 24.0 Å². The Kier molecular flexibility index (Phi) is 3.67. The number of aromatic nitrogens is 1. The van der Waals surface area contributed by atoms with Gasteiger partial charge in [0.2, 0.25) is 5.91 Å². The van der Waals surface area contributed by atoms with Crippen LogP contribution in [0.1, 0.15) is 16.8 Å². The summed E-state index contributed by atoms with van der Waals surface area (Å²) < 4.78 is 0. The quantitative estimate of drug-likeness (QED) is 0.762. The molecule has 0 saturated carbocycles. The monoisotopic (exact) mass is 245 g/mol. The zero-order valence-corrected chi connectivity index (χ0v) is 10.8. The molecule has 0 saturated heterocycles. The molecule has 0 bridgehead atoms. The second-order valence-corrected chi connectivity index (χ2v) is 4.59. The van der Waals surface area contributed by atoms with Gasteiger partial charge in [-0.2, -0.15) is 0 Å². The number of H-pyrrole nitrogens is 1. The molecule has 0 aliphatic rings. The standard InChI is InChI=1S/C14H19N3O/c1-9-3-4-13-12(7-9)11(10(2)17-13)8-14(18)16-6-5-15/h3-4,7,17H,5-6,8,15H2,1-2H3,(H,16,18). The molecule has 0 aliphatic carbocycles. The van der Waals surface area contributed by atoms with E-state index in [0.29, 0.717) is 19.5 Å². The van der Waals surface area contributed by atoms with Crippen LogP contribution in [0.2, 0.25) is 0 Å². The molecule has 0 spiro atoms. The van der Waals surface area contributed by atoms with Gasteiger partial charge in [-0.05, 0) is 31.5 Å². The third-order valence-electron chi connectivity index (χ3n) is 3.08. The molecule has 2 rings (SSSR count). The summed E-state index contributed by atoms with van der Waals surface area (Å²) in [4.78, 5) is 15.1. The third kappa shape index (κ3) is 2.54. The largest absolute Gasteiger partial charge is 0.358 e. The molecule has 96 valence electrons. The lowest BCUT2D eigenvalue weighted by molar-refractivity contribution is -0.120. The van der Waals surface area contributed by atoms with Crippen LogP contribution in [0.5, 0.6) is 0 Å². The highest BCUT2D eigenvalue weighted by Gasteiger charge is 2.12. The fourth-order valence-corrected chi connectivity index (χ4v) is 2.16. The van der Waals surface area contributed by atoms with Gasteiger partial charge in [0, 0.05) is 29.7 Å². The van der Waals surface area contributed by atoms with Gasteiger partial charge in [-0.3, -0.25) is 4.79 Å². The summed E-state index contributed by atoms with van der Waals surface area (Å²) in [6.07, 6.45) is 0.398. The zero-order valence-electron chi connectivity index (χ0n) is 10.8. The molecule has 0 radical (unpaired) electrons. The molecule has 1 heterocycles. The summed E-state index contributed by atoms with van der Waals surface area (Å²) in [6, 6.07) is 6.24. The van der Waals surface area contributed by atoms with Crippen molar-refractivity contribution in [3.63, 3.8) is 0 Å². The number of rotatable bonds is 4. The van der Waals surface area contributed by atoms with Gasteiger partial charge in [0.25, 0.3) is 0 Å². The smallest absolute Gasteiger partial charge is 0.224 e. The summed E-state index contributed by atoms with van der Waals surface area (Å²) in [6.45, 7) is 5.05. The molecule has 4 nitrogen and oxygen atoms in total. The minimum absolute atomic E-state index is 0.0194. The Hall–Kier alpha value is -1.81. The predicted octanol–water partition coefficient (Wildman–Crippen LogP) is 1.40. The molecule has 0 atom stereocenters. The molecular weight excluding hydrogens is 226 g/mol. The van der Waals surface area contributed by atoms with E-state index in [0.717, 1.165) is 22.2 Å². The van der Waals surface area contributed by atoms with E-state index in [1.165, 1.54) is 5.56 Å². The van der Waals surface area contributed by atoms with E-state index in [2.05, 4.69) is 35.4 Å². The number of aromatic amines is 1. The van der Waals surface area contributed by atoms with Gasteiger partial charge in [0.1, 0.15) is 0 Å². The Morgan fingerprint density at radius 3 is 2.89 bits per heavy atom. The highest BCUT2D eigenvalue weighted by Crippen LogP contribution is 2.23. The van der Waals surface area contributed by atoms with Crippen LogP contribution >= 0.6 is 0 Å². The van der Waals surface area contributed by atoms with Gasteiger partial charge in [0.05, 0.1) is 6.42 Å². The lowest BCUT2D eigenvalue weighted by atomic mass is 10.1. The summed E-state index contributed by atoms with van der Waals surface area (Å²) in [5, 5.41) is 3.93. The van der Waals surface area contributed by atoms with Crippen LogP contribution < -0.4 is 11.1 Å². The van der Waals surface area contributed by atoms with Crippen LogP contribution in [0, 0.1) is 13.8 Å². The first-order chi connectivity index (χ1) is 8.61. The van der Waals surface area contributed by atoms with Gasteiger partial charge in [-0.15, -0.1) is 0 Å². The molecular formula is C14H19N3O. The first-order valence-electron chi connectivity index (χ1n) is 6.16. The normalized spacial score (nSPS) is 10.8. The van der Waals surface area contributed by atoms with Gasteiger partial charge in [-0.1, -0.05) is 11.6 Å². The molecule has 0 fully saturated rings. The van der Waals surface area contributed by atoms with Gasteiger partial charge >= 0.3 is 0 Å². The lowest BCUT2D eigenvalue weighted by Crippen LogP contribution is -2.30. The number of benzene rings is 1. The van der Waals surface area contributed by atoms with Crippen molar-refractivity contribution in [3.05, 3.63) is 35.0 Å². The van der Waals surface area contributed by atoms with Crippen molar-refractivity contribution < 1.29 is 4.79 Å². The highest BCUT2D eigenvalue weighted by atomic mass is 16.1. The van der Waals surface area contributed by atoms with Crippen LogP contribution in [-0.2, 0) is 11.2 Å². The number of amides is 1. The SMILES string of the molecule is Cc1ccc2[nH]c(C)c(CC(=O)NCCN)c2c1. The van der Waals surface area contributed by atoms with Crippen LogP contribution in [0.4, 0.5) is 0 Å². The summed E-state index contributed by atoms with van der Waals surface area (Å²) in [7, 11) is 0. The number of carbonyl (C=O) groups excluding carboxylic acids is 1. The van der Waals surface area contributed by atoms with E-state index in [4.69, 9.17) is 5.73 Å². The first-order valence-corrected chi connectivity index (χ1v) is 6.16. The van der Waals surface area contributed by atoms with Crippen molar-refractivity contribution in [1.29, 1.82) is 0 Å². The topological polar surface area (TPSA) is 70.9 Å². The van der Waals surface area contributed by atoms with Crippen molar-refractivity contribution in [2.75, 3.05) is 13.1 Å². The predicted molar refractivity (Wildman–Crippen MR) is 73.5 cm³/mol. The maximum absolute atomic E-state index is 11.8. The number of hydrogen-bond acceptors (Lipinski definition) is 2.